The Kier molecular flexibility index (Phi) is 6.65. The van der Waals surface area contributed by atoms with Crippen LogP contribution in [0, 0.1) is 5.92 Å². The molecule has 2 aliphatic rings. The molecule has 2 heterocycles. The van der Waals surface area contributed by atoms with Crippen molar-refractivity contribution >= 4 is 11.9 Å². The second-order valence-electron chi connectivity index (χ2n) is 7.62. The molecule has 0 aliphatic carbocycles. The summed E-state index contributed by atoms with van der Waals surface area (Å²) in [5.74, 6) is 0.940. The van der Waals surface area contributed by atoms with Gasteiger partial charge in [-0.2, -0.15) is 0 Å². The van der Waals surface area contributed by atoms with Gasteiger partial charge in [0, 0.05) is 24.0 Å². The molecule has 2 fully saturated rings. The number of likely N-dealkylation sites (tertiary alicyclic amines) is 1. The summed E-state index contributed by atoms with van der Waals surface area (Å²) >= 11 is 2.00. The first-order chi connectivity index (χ1) is 11.7. The summed E-state index contributed by atoms with van der Waals surface area (Å²) in [4.78, 5) is 4.25. The molecule has 0 unspecified atom stereocenters. The molecule has 0 bridgehead atoms. The van der Waals surface area contributed by atoms with Crippen molar-refractivity contribution in [2.75, 3.05) is 26.2 Å². The van der Waals surface area contributed by atoms with E-state index >= 15 is 0 Å². The smallest absolute Gasteiger partial charge is 0.0262 e. The van der Waals surface area contributed by atoms with E-state index in [0.29, 0.717) is 0 Å². The van der Waals surface area contributed by atoms with Crippen LogP contribution in [-0.4, -0.2) is 41.4 Å². The summed E-state index contributed by atoms with van der Waals surface area (Å²) in [7, 11) is 0. The van der Waals surface area contributed by atoms with Gasteiger partial charge >= 0.3 is 0 Å². The zero-order valence-corrected chi connectivity index (χ0v) is 16.6. The molecule has 2 saturated heterocycles. The second kappa shape index (κ2) is 8.73. The first-order valence-corrected chi connectivity index (χ1v) is 10.8. The topological polar surface area (TPSA) is 6.48 Å². The average Bonchev–Trinajstić information content (AvgIpc) is 2.63. The number of aryl methyl sites for hydroxylation is 2. The lowest BCUT2D eigenvalue weighted by molar-refractivity contribution is 0.103. The summed E-state index contributed by atoms with van der Waals surface area (Å²) in [6, 6.07) is 7.90. The minimum atomic E-state index is 0.836. The number of hydrogen-bond acceptors (Lipinski definition) is 3. The number of rotatable bonds is 5. The first kappa shape index (κ1) is 18.3. The Morgan fingerprint density at radius 2 is 1.67 bits per heavy atom. The Morgan fingerprint density at radius 3 is 2.29 bits per heavy atom. The highest BCUT2D eigenvalue weighted by Crippen LogP contribution is 2.32. The highest BCUT2D eigenvalue weighted by Gasteiger charge is 2.27. The van der Waals surface area contributed by atoms with Gasteiger partial charge in [-0.25, -0.2) is 4.31 Å². The zero-order valence-electron chi connectivity index (χ0n) is 15.8. The molecule has 0 aromatic heterocycles. The van der Waals surface area contributed by atoms with E-state index in [1.807, 2.05) is 11.9 Å². The molecule has 0 saturated carbocycles. The van der Waals surface area contributed by atoms with Crippen LogP contribution in [0.4, 0.5) is 0 Å². The van der Waals surface area contributed by atoms with Crippen molar-refractivity contribution in [3.63, 3.8) is 0 Å². The largest absolute Gasteiger partial charge is 0.300 e. The van der Waals surface area contributed by atoms with Crippen LogP contribution in [0.25, 0.3) is 0 Å². The summed E-state index contributed by atoms with van der Waals surface area (Å²) in [6.07, 6.45) is 7.76. The molecule has 24 heavy (non-hydrogen) atoms. The number of nitrogens with zero attached hydrogens (tertiary/aromatic N) is 2. The van der Waals surface area contributed by atoms with Crippen molar-refractivity contribution in [3.8, 4) is 0 Å². The number of hydrogen-bond donors (Lipinski definition) is 0. The third-order valence-electron chi connectivity index (χ3n) is 5.90. The molecule has 0 amide bonds. The van der Waals surface area contributed by atoms with E-state index in [0.717, 1.165) is 24.8 Å². The Bertz CT molecular complexity index is 515. The van der Waals surface area contributed by atoms with Crippen molar-refractivity contribution < 1.29 is 0 Å². The van der Waals surface area contributed by atoms with E-state index in [2.05, 4.69) is 48.2 Å². The Morgan fingerprint density at radius 1 is 0.958 bits per heavy atom. The maximum atomic E-state index is 2.77. The minimum absolute atomic E-state index is 0.836. The van der Waals surface area contributed by atoms with E-state index < -0.39 is 0 Å². The average molecular weight is 347 g/mol. The van der Waals surface area contributed by atoms with E-state index in [1.54, 1.807) is 0 Å². The van der Waals surface area contributed by atoms with Crippen LogP contribution in [0.1, 0.15) is 57.6 Å². The van der Waals surface area contributed by atoms with Crippen molar-refractivity contribution in [3.05, 3.63) is 29.3 Å². The minimum Gasteiger partial charge on any atom is -0.300 e. The van der Waals surface area contributed by atoms with Gasteiger partial charge in [-0.15, -0.1) is 0 Å². The van der Waals surface area contributed by atoms with Crippen molar-refractivity contribution in [1.82, 2.24) is 9.21 Å². The van der Waals surface area contributed by atoms with Crippen LogP contribution < -0.4 is 0 Å². The SMILES string of the molecule is CCc1ccc(SN2CCC(N3CCC(C)CC3)CC2)c(CC)c1. The van der Waals surface area contributed by atoms with Crippen LogP contribution in [0.5, 0.6) is 0 Å². The van der Waals surface area contributed by atoms with Crippen molar-refractivity contribution in [2.24, 2.45) is 5.92 Å². The van der Waals surface area contributed by atoms with Gasteiger partial charge in [0.15, 0.2) is 0 Å². The third kappa shape index (κ3) is 4.56. The molecule has 0 radical (unpaired) electrons. The highest BCUT2D eigenvalue weighted by molar-refractivity contribution is 7.97. The van der Waals surface area contributed by atoms with Crippen LogP contribution in [0.15, 0.2) is 23.1 Å². The molecular formula is C21H34N2S. The molecule has 0 spiro atoms. The Balaban J connectivity index is 1.52. The molecule has 3 rings (SSSR count). The summed E-state index contributed by atoms with van der Waals surface area (Å²) in [5.41, 5.74) is 2.99. The van der Waals surface area contributed by atoms with Gasteiger partial charge in [0.1, 0.15) is 0 Å². The van der Waals surface area contributed by atoms with E-state index in [9.17, 15) is 0 Å². The van der Waals surface area contributed by atoms with Crippen molar-refractivity contribution in [2.45, 2.75) is 70.2 Å². The molecule has 3 heteroatoms. The lowest BCUT2D eigenvalue weighted by Crippen LogP contribution is -2.46. The Labute approximate surface area is 153 Å². The second-order valence-corrected chi connectivity index (χ2v) is 8.76. The summed E-state index contributed by atoms with van der Waals surface area (Å²) in [5, 5.41) is 0. The fourth-order valence-electron chi connectivity index (χ4n) is 4.05. The van der Waals surface area contributed by atoms with Gasteiger partial charge in [0.05, 0.1) is 0 Å². The van der Waals surface area contributed by atoms with Crippen molar-refractivity contribution in [1.29, 1.82) is 0 Å². The fourth-order valence-corrected chi connectivity index (χ4v) is 5.17. The van der Waals surface area contributed by atoms with E-state index in [4.69, 9.17) is 0 Å². The number of benzene rings is 1. The predicted molar refractivity (Wildman–Crippen MR) is 106 cm³/mol. The molecular weight excluding hydrogens is 312 g/mol. The lowest BCUT2D eigenvalue weighted by Gasteiger charge is -2.41. The van der Waals surface area contributed by atoms with Gasteiger partial charge in [0.2, 0.25) is 0 Å². The Hall–Kier alpha value is -0.510. The van der Waals surface area contributed by atoms with Gasteiger partial charge in [-0.3, -0.25) is 0 Å². The molecule has 0 N–H and O–H groups in total. The number of piperidine rings is 2. The van der Waals surface area contributed by atoms with Crippen LogP contribution >= 0.6 is 11.9 Å². The molecule has 134 valence electrons. The van der Waals surface area contributed by atoms with Crippen LogP contribution in [0.3, 0.4) is 0 Å². The fraction of sp³-hybridized carbons (Fsp3) is 0.714. The van der Waals surface area contributed by atoms with Gasteiger partial charge in [0.25, 0.3) is 0 Å². The van der Waals surface area contributed by atoms with Gasteiger partial charge in [-0.1, -0.05) is 32.9 Å². The standard InChI is InChI=1S/C21H34N2S/c1-4-18-6-7-21(19(5-2)16-18)24-23-14-10-20(11-15-23)22-12-8-17(3)9-13-22/h6-7,16-17,20H,4-5,8-15H2,1-3H3. The first-order valence-electron chi connectivity index (χ1n) is 9.98. The quantitative estimate of drug-likeness (QED) is 0.692. The van der Waals surface area contributed by atoms with Gasteiger partial charge < -0.3 is 4.90 Å². The predicted octanol–water partition coefficient (Wildman–Crippen LogP) is 5.01. The zero-order chi connectivity index (χ0) is 16.9. The normalized spacial score (nSPS) is 22.1. The molecule has 0 atom stereocenters. The molecule has 2 nitrogen and oxygen atoms in total. The van der Waals surface area contributed by atoms with E-state index in [-0.39, 0.29) is 0 Å². The van der Waals surface area contributed by atoms with Crippen LogP contribution in [0.2, 0.25) is 0 Å². The van der Waals surface area contributed by atoms with Crippen LogP contribution in [-0.2, 0) is 12.8 Å². The summed E-state index contributed by atoms with van der Waals surface area (Å²) < 4.78 is 2.60. The molecule has 2 aliphatic heterocycles. The third-order valence-corrected chi connectivity index (χ3v) is 7.12. The molecule has 1 aromatic rings. The van der Waals surface area contributed by atoms with Gasteiger partial charge in [-0.05, 0) is 86.7 Å². The lowest BCUT2D eigenvalue weighted by atomic mass is 9.95. The van der Waals surface area contributed by atoms with E-state index in [1.165, 1.54) is 67.9 Å². The molecule has 1 aromatic carbocycles. The maximum absolute atomic E-state index is 2.77. The maximum Gasteiger partial charge on any atom is 0.0262 e. The monoisotopic (exact) mass is 346 g/mol. The summed E-state index contributed by atoms with van der Waals surface area (Å²) in [6.45, 7) is 12.1. The highest BCUT2D eigenvalue weighted by atomic mass is 32.2.